The summed E-state index contributed by atoms with van der Waals surface area (Å²) in [6, 6.07) is -0.505. The maximum absolute atomic E-state index is 14.4. The molecule has 2 aromatic rings. The van der Waals surface area contributed by atoms with Gasteiger partial charge in [0.25, 0.3) is 0 Å². The Morgan fingerprint density at radius 3 is 1.31 bits per heavy atom. The van der Waals surface area contributed by atoms with Crippen LogP contribution in [-0.2, 0) is 86.2 Å². The number of allylic oxidation sites excluding steroid dienone is 8. The first-order chi connectivity index (χ1) is 49.1. The van der Waals surface area contributed by atoms with E-state index in [0.717, 1.165) is 131 Å². The van der Waals surface area contributed by atoms with Crippen LogP contribution in [-0.4, -0.2) is 120 Å². The average molecular weight is 1390 g/mol. The quantitative estimate of drug-likeness (QED) is 0.106. The first kappa shape index (κ1) is 74.4. The number of methoxy groups -OCH3 is 4. The first-order valence-electron chi connectivity index (χ1n) is 37.7. The summed E-state index contributed by atoms with van der Waals surface area (Å²) in [6.07, 6.45) is 24.6. The second-order valence-corrected chi connectivity index (χ2v) is 28.0. The number of nitrogens with zero attached hydrogens (tertiary/aromatic N) is 6. The van der Waals surface area contributed by atoms with E-state index in [1.165, 1.54) is 67.4 Å². The molecule has 102 heavy (non-hydrogen) atoms. The molecule has 0 spiro atoms. The van der Waals surface area contributed by atoms with Gasteiger partial charge in [-0.25, -0.2) is 19.2 Å². The summed E-state index contributed by atoms with van der Waals surface area (Å²) in [7, 11) is 5.39. The average Bonchev–Trinajstić information content (AvgIpc) is 1.51. The molecule has 16 bridgehead atoms. The number of hydrogen-bond donors (Lipinski definition) is 2. The highest BCUT2D eigenvalue weighted by molar-refractivity contribution is 6.48. The molecule has 2 aliphatic carbocycles. The van der Waals surface area contributed by atoms with Gasteiger partial charge in [0.05, 0.1) is 124 Å². The lowest BCUT2D eigenvalue weighted by Gasteiger charge is -2.37. The van der Waals surface area contributed by atoms with Crippen molar-refractivity contribution < 1.29 is 47.7 Å². The van der Waals surface area contributed by atoms with Crippen LogP contribution in [0.3, 0.4) is 0 Å². The zero-order chi connectivity index (χ0) is 73.7. The third-order valence-electron chi connectivity index (χ3n) is 24.3. The number of fused-ring (bicyclic) bond motifs is 16. The number of aromatic amines is 2. The standard InChI is InChI=1S/2C42H52N4O5/c1-10-23-25(12-3)31-21-35-41(14-5,15-6)38(47)34(46-35)20-30-24(11-2)26(13-4)32(44-30)22-36-42(16-7)28(33(45-36)19-29(23)43-31)18-17-27(39(48)50-8)37(42)40(49)51-9;1-10-23-24(11-2)30-20-34-38(47)41(14-5,15-6)35(46-34)21-31-25(12-3)26(13-4)32(44-31)22-36-42(16-7)28(33(45-36)19-29(23)43-30)18-17-27(39(48)50-8)37(42)40(49)51-9/h18,21-22,31,44H,10-17,19-20H2,1-9H3;18-19,21,29,44H,10-17,20,22H2,1-9H3. The Balaban J connectivity index is 0.000000205. The van der Waals surface area contributed by atoms with Gasteiger partial charge in [-0.2, -0.15) is 0 Å². The molecule has 10 aliphatic rings. The molecule has 0 saturated heterocycles. The van der Waals surface area contributed by atoms with Gasteiger partial charge in [-0.15, -0.1) is 0 Å². The fourth-order valence-corrected chi connectivity index (χ4v) is 19.0. The molecule has 4 unspecified atom stereocenters. The molecule has 2 N–H and O–H groups in total. The van der Waals surface area contributed by atoms with Gasteiger partial charge >= 0.3 is 23.9 Å². The summed E-state index contributed by atoms with van der Waals surface area (Å²) >= 11 is 0. The highest BCUT2D eigenvalue weighted by Crippen LogP contribution is 2.58. The van der Waals surface area contributed by atoms with E-state index < -0.39 is 45.5 Å². The number of aromatic nitrogens is 2. The van der Waals surface area contributed by atoms with Crippen molar-refractivity contribution in [2.75, 3.05) is 28.4 Å². The Hall–Kier alpha value is -8.80. The molecule has 18 nitrogen and oxygen atoms in total. The van der Waals surface area contributed by atoms with Crippen molar-refractivity contribution in [2.45, 2.75) is 237 Å². The number of carbonyl (C=O) groups is 6. The number of rotatable bonds is 18. The highest BCUT2D eigenvalue weighted by Gasteiger charge is 2.57. The Labute approximate surface area is 601 Å². The van der Waals surface area contributed by atoms with E-state index in [0.29, 0.717) is 92.5 Å². The summed E-state index contributed by atoms with van der Waals surface area (Å²) in [6.45, 7) is 29.6. The van der Waals surface area contributed by atoms with Crippen LogP contribution in [0, 0.1) is 21.7 Å². The third kappa shape index (κ3) is 11.4. The molecule has 0 saturated carbocycles. The number of hydrogen-bond acceptors (Lipinski definition) is 16. The molecule has 4 atom stereocenters. The van der Waals surface area contributed by atoms with Gasteiger partial charge in [-0.1, -0.05) is 109 Å². The number of Topliss-reactive ketones (excluding diaryl/α,β-unsaturated/α-hetero) is 2. The third-order valence-corrected chi connectivity index (χ3v) is 24.3. The number of aliphatic imine (C=N–C) groups is 6. The number of carbonyl (C=O) groups excluding carboxylic acids is 6. The van der Waals surface area contributed by atoms with E-state index in [4.69, 9.17) is 48.9 Å². The van der Waals surface area contributed by atoms with E-state index in [1.54, 1.807) is 0 Å². The molecule has 0 amide bonds. The Morgan fingerprint density at radius 2 is 0.853 bits per heavy atom. The monoisotopic (exact) mass is 1380 g/mol. The lowest BCUT2D eigenvalue weighted by molar-refractivity contribution is -0.140. The van der Waals surface area contributed by atoms with Gasteiger partial charge in [0, 0.05) is 65.6 Å². The van der Waals surface area contributed by atoms with Crippen LogP contribution in [0.15, 0.2) is 133 Å². The minimum atomic E-state index is -1.04. The van der Waals surface area contributed by atoms with Crippen molar-refractivity contribution in [3.8, 4) is 0 Å². The maximum atomic E-state index is 14.4. The van der Waals surface area contributed by atoms with Crippen molar-refractivity contribution in [2.24, 2.45) is 51.6 Å². The number of H-pyrrole nitrogens is 2. The molecular formula is C84H104N8O10. The molecule has 0 aromatic carbocycles. The van der Waals surface area contributed by atoms with Crippen molar-refractivity contribution in [1.82, 2.24) is 9.97 Å². The SMILES string of the molecule is CCC1=C(CC)C2C=C3N=C(Cc4[nH]c(c(CC)c4CC)C=C4N=C(CC1=N2)C(=O)C4(CC)CC)C1(CC)C3=CCC(C(=O)OC)=C1C(=O)OC.CCC1=C(CC)C2C=C3N=C(Cc4[nH]c(c(CC)c4CC)C=C4N=C(CC1=N2)C1=CCC(C(=O)OC)=C(C(=O)OC)C41CC)C(=O)C3(CC)CC. The second kappa shape index (κ2) is 29.5. The van der Waals surface area contributed by atoms with Gasteiger partial charge in [-0.3, -0.25) is 39.5 Å². The fraction of sp³-hybridized carbons (Fsp3) is 0.524. The van der Waals surface area contributed by atoms with Crippen LogP contribution >= 0.6 is 0 Å². The van der Waals surface area contributed by atoms with E-state index in [-0.39, 0.29) is 47.6 Å². The van der Waals surface area contributed by atoms with E-state index in [2.05, 4.69) is 123 Å². The number of esters is 4. The van der Waals surface area contributed by atoms with Crippen LogP contribution in [0.4, 0.5) is 0 Å². The normalized spacial score (nSPS) is 23.7. The maximum Gasteiger partial charge on any atom is 0.335 e. The summed E-state index contributed by atoms with van der Waals surface area (Å²) in [5, 5.41) is 0. The fourth-order valence-electron chi connectivity index (χ4n) is 19.0. The Morgan fingerprint density at radius 1 is 0.431 bits per heavy atom. The van der Waals surface area contributed by atoms with Crippen molar-refractivity contribution in [3.05, 3.63) is 148 Å². The molecule has 2 aromatic heterocycles. The van der Waals surface area contributed by atoms with Crippen LogP contribution in [0.1, 0.15) is 232 Å². The van der Waals surface area contributed by atoms with Gasteiger partial charge in [0.1, 0.15) is 0 Å². The molecule has 10 heterocycles. The zero-order valence-electron chi connectivity index (χ0n) is 63.5. The van der Waals surface area contributed by atoms with Crippen LogP contribution in [0.5, 0.6) is 0 Å². The number of ketones is 2. The largest absolute Gasteiger partial charge is 0.466 e. The Kier molecular flexibility index (Phi) is 21.5. The first-order valence-corrected chi connectivity index (χ1v) is 37.7. The van der Waals surface area contributed by atoms with E-state index in [9.17, 15) is 28.8 Å². The Bertz CT molecular complexity index is 4470. The molecule has 18 heteroatoms. The second-order valence-electron chi connectivity index (χ2n) is 28.0. The van der Waals surface area contributed by atoms with Crippen molar-refractivity contribution in [1.29, 1.82) is 0 Å². The van der Waals surface area contributed by atoms with Gasteiger partial charge in [0.15, 0.2) is 11.6 Å². The highest BCUT2D eigenvalue weighted by atomic mass is 16.5. The smallest absolute Gasteiger partial charge is 0.335 e. The van der Waals surface area contributed by atoms with Crippen molar-refractivity contribution in [3.63, 3.8) is 0 Å². The topological polar surface area (TPSA) is 245 Å². The minimum Gasteiger partial charge on any atom is -0.466 e. The molecule has 0 fully saturated rings. The van der Waals surface area contributed by atoms with E-state index in [1.807, 2.05) is 19.9 Å². The summed E-state index contributed by atoms with van der Waals surface area (Å²) in [5.74, 6) is -2.00. The van der Waals surface area contributed by atoms with Gasteiger partial charge < -0.3 is 28.9 Å². The van der Waals surface area contributed by atoms with Crippen LogP contribution in [0.25, 0.3) is 12.2 Å². The molecule has 8 aliphatic heterocycles. The van der Waals surface area contributed by atoms with Gasteiger partial charge in [-0.05, 0) is 183 Å². The lowest BCUT2D eigenvalue weighted by Crippen LogP contribution is -2.40. The van der Waals surface area contributed by atoms with Crippen LogP contribution in [0.2, 0.25) is 0 Å². The van der Waals surface area contributed by atoms with Crippen LogP contribution < -0.4 is 0 Å². The number of ether oxygens (including phenoxy) is 4. The molecule has 12 rings (SSSR count). The van der Waals surface area contributed by atoms with Crippen molar-refractivity contribution >= 4 is 81.9 Å². The molecular weight excluding hydrogens is 1280 g/mol. The number of nitrogens with one attached hydrogen (secondary N) is 2. The summed E-state index contributed by atoms with van der Waals surface area (Å²) in [5.41, 5.74) is 20.6. The summed E-state index contributed by atoms with van der Waals surface area (Å²) < 4.78 is 21.3. The van der Waals surface area contributed by atoms with Gasteiger partial charge in [0.2, 0.25) is 0 Å². The summed E-state index contributed by atoms with van der Waals surface area (Å²) in [4.78, 5) is 122. The predicted octanol–water partition coefficient (Wildman–Crippen LogP) is 15.8. The molecule has 0 radical (unpaired) electrons. The lowest BCUT2D eigenvalue weighted by atomic mass is 9.63. The molecule has 540 valence electrons. The predicted molar refractivity (Wildman–Crippen MR) is 404 cm³/mol. The minimum absolute atomic E-state index is 0.104. The van der Waals surface area contributed by atoms with E-state index >= 15 is 0 Å². The zero-order valence-corrected chi connectivity index (χ0v) is 63.5.